The minimum Gasteiger partial charge on any atom is -0.395 e. The highest BCUT2D eigenvalue weighted by Crippen LogP contribution is 2.39. The summed E-state index contributed by atoms with van der Waals surface area (Å²) in [5.41, 5.74) is 4.03. The molecule has 144 valence electrons. The molecule has 0 aliphatic carbocycles. The summed E-state index contributed by atoms with van der Waals surface area (Å²) in [6, 6.07) is 15.8. The Balaban J connectivity index is 1.81. The van der Waals surface area contributed by atoms with Crippen LogP contribution in [0.25, 0.3) is 5.69 Å². The lowest BCUT2D eigenvalue weighted by Crippen LogP contribution is -2.32. The van der Waals surface area contributed by atoms with Crippen molar-refractivity contribution in [3.05, 3.63) is 82.9 Å². The molecule has 0 spiro atoms. The summed E-state index contributed by atoms with van der Waals surface area (Å²) in [5.74, 6) is 0. The van der Waals surface area contributed by atoms with Gasteiger partial charge in [-0.1, -0.05) is 17.7 Å². The molecule has 2 atom stereocenters. The van der Waals surface area contributed by atoms with Crippen molar-refractivity contribution in [3.63, 3.8) is 0 Å². The van der Waals surface area contributed by atoms with Gasteiger partial charge in [0.2, 0.25) is 0 Å². The van der Waals surface area contributed by atoms with Crippen molar-refractivity contribution in [1.82, 2.24) is 19.8 Å². The molecule has 0 radical (unpaired) electrons. The predicted molar refractivity (Wildman–Crippen MR) is 115 cm³/mol. The number of thiocarbonyl (C=S) groups is 1. The van der Waals surface area contributed by atoms with Crippen molar-refractivity contribution in [2.45, 2.75) is 19.0 Å². The summed E-state index contributed by atoms with van der Waals surface area (Å²) in [6.07, 6.45) is 3.82. The van der Waals surface area contributed by atoms with E-state index in [1.165, 1.54) is 0 Å². The van der Waals surface area contributed by atoms with Gasteiger partial charge in [0, 0.05) is 35.3 Å². The van der Waals surface area contributed by atoms with Gasteiger partial charge in [-0.15, -0.1) is 0 Å². The Hall–Kier alpha value is -2.41. The van der Waals surface area contributed by atoms with E-state index in [1.54, 1.807) is 6.20 Å². The van der Waals surface area contributed by atoms with E-state index >= 15 is 0 Å². The quantitative estimate of drug-likeness (QED) is 0.624. The Morgan fingerprint density at radius 1 is 1.21 bits per heavy atom. The summed E-state index contributed by atoms with van der Waals surface area (Å²) in [6.45, 7) is 2.47. The van der Waals surface area contributed by atoms with E-state index in [0.29, 0.717) is 11.7 Å². The second-order valence-electron chi connectivity index (χ2n) is 6.78. The Morgan fingerprint density at radius 2 is 2.07 bits per heavy atom. The maximum atomic E-state index is 9.60. The lowest BCUT2D eigenvalue weighted by atomic mass is 10.0. The molecule has 1 fully saturated rings. The van der Waals surface area contributed by atoms with Crippen LogP contribution in [0, 0.1) is 6.92 Å². The third kappa shape index (κ3) is 3.39. The minimum atomic E-state index is -0.109. The largest absolute Gasteiger partial charge is 0.395 e. The van der Waals surface area contributed by atoms with Crippen molar-refractivity contribution in [1.29, 1.82) is 0 Å². The van der Waals surface area contributed by atoms with Gasteiger partial charge in [-0.25, -0.2) is 0 Å². The average Bonchev–Trinajstić information content (AvgIpc) is 3.30. The fraction of sp³-hybridized carbons (Fsp3) is 0.238. The third-order valence-electron chi connectivity index (χ3n) is 5.04. The van der Waals surface area contributed by atoms with Gasteiger partial charge in [0.25, 0.3) is 0 Å². The minimum absolute atomic E-state index is 0.0218. The number of aryl methyl sites for hydroxylation is 1. The van der Waals surface area contributed by atoms with E-state index in [4.69, 9.17) is 23.8 Å². The van der Waals surface area contributed by atoms with Gasteiger partial charge in [0.1, 0.15) is 0 Å². The number of aliphatic hydroxyl groups excluding tert-OH is 1. The van der Waals surface area contributed by atoms with Crippen LogP contribution in [0.4, 0.5) is 0 Å². The maximum Gasteiger partial charge on any atom is 0.170 e. The van der Waals surface area contributed by atoms with Crippen LogP contribution in [0.1, 0.15) is 29.0 Å². The lowest BCUT2D eigenvalue weighted by molar-refractivity contribution is 0.220. The Labute approximate surface area is 174 Å². The zero-order valence-electron chi connectivity index (χ0n) is 15.4. The zero-order valence-corrected chi connectivity index (χ0v) is 17.0. The summed E-state index contributed by atoms with van der Waals surface area (Å²) >= 11 is 11.8. The number of β-amino-alcohol motifs (C(OH)–C–C–N with tert-alkyl or cyclic N) is 1. The number of nitrogens with one attached hydrogen (secondary N) is 1. The number of pyridine rings is 1. The summed E-state index contributed by atoms with van der Waals surface area (Å²) in [4.78, 5) is 6.57. The highest BCUT2D eigenvalue weighted by molar-refractivity contribution is 7.80. The highest BCUT2D eigenvalue weighted by Gasteiger charge is 2.40. The molecule has 2 aromatic heterocycles. The fourth-order valence-corrected chi connectivity index (χ4v) is 4.17. The maximum absolute atomic E-state index is 9.60. The number of nitrogens with zero attached hydrogens (tertiary/aromatic N) is 3. The van der Waals surface area contributed by atoms with Gasteiger partial charge in [0.05, 0.1) is 24.4 Å². The molecule has 3 heterocycles. The van der Waals surface area contributed by atoms with Crippen molar-refractivity contribution in [2.75, 3.05) is 13.2 Å². The first-order chi connectivity index (χ1) is 13.6. The SMILES string of the molecule is Cc1cc(-n2cccc2[C@H]2[C@@H](c3ccccn3)NC(=S)N2CCO)ccc1Cl. The Bertz CT molecular complexity index is 991. The van der Waals surface area contributed by atoms with Gasteiger partial charge in [-0.05, 0) is 67.2 Å². The van der Waals surface area contributed by atoms with Crippen LogP contribution in [0.5, 0.6) is 0 Å². The van der Waals surface area contributed by atoms with Gasteiger partial charge >= 0.3 is 0 Å². The van der Waals surface area contributed by atoms with Crippen LogP contribution in [-0.4, -0.2) is 37.8 Å². The van der Waals surface area contributed by atoms with E-state index in [1.807, 2.05) is 54.4 Å². The fourth-order valence-electron chi connectivity index (χ4n) is 3.72. The van der Waals surface area contributed by atoms with Crippen LogP contribution < -0.4 is 5.32 Å². The molecule has 28 heavy (non-hydrogen) atoms. The molecule has 0 amide bonds. The molecule has 1 aromatic carbocycles. The van der Waals surface area contributed by atoms with E-state index in [9.17, 15) is 5.11 Å². The van der Waals surface area contributed by atoms with Crippen LogP contribution in [0.15, 0.2) is 60.9 Å². The predicted octanol–water partition coefficient (Wildman–Crippen LogP) is 3.80. The first-order valence-electron chi connectivity index (χ1n) is 9.13. The lowest BCUT2D eigenvalue weighted by Gasteiger charge is -2.28. The van der Waals surface area contributed by atoms with Crippen LogP contribution in [0.2, 0.25) is 5.02 Å². The highest BCUT2D eigenvalue weighted by atomic mass is 35.5. The number of aromatic nitrogens is 2. The first kappa shape index (κ1) is 18.9. The van der Waals surface area contributed by atoms with Crippen molar-refractivity contribution in [2.24, 2.45) is 0 Å². The number of benzene rings is 1. The van der Waals surface area contributed by atoms with Crippen LogP contribution >= 0.6 is 23.8 Å². The standard InChI is InChI=1S/C21H21ClN4OS/c1-14-13-15(7-8-16(14)22)25-10-4-6-18(25)20-19(17-5-2-3-9-23-17)24-21(28)26(20)11-12-27/h2-10,13,19-20,27H,11-12H2,1H3,(H,24,28)/t19-,20+/m1/s1. The number of aliphatic hydroxyl groups is 1. The molecule has 0 bridgehead atoms. The van der Waals surface area contributed by atoms with Gasteiger partial charge in [-0.3, -0.25) is 4.98 Å². The molecular formula is C21H21ClN4OS. The van der Waals surface area contributed by atoms with Crippen molar-refractivity contribution < 1.29 is 5.11 Å². The first-order valence-corrected chi connectivity index (χ1v) is 9.91. The van der Waals surface area contributed by atoms with E-state index < -0.39 is 0 Å². The third-order valence-corrected chi connectivity index (χ3v) is 5.82. The van der Waals surface area contributed by atoms with Crippen molar-refractivity contribution in [3.8, 4) is 5.69 Å². The van der Waals surface area contributed by atoms with E-state index in [-0.39, 0.29) is 18.7 Å². The van der Waals surface area contributed by atoms with Crippen molar-refractivity contribution >= 4 is 28.9 Å². The molecule has 1 saturated heterocycles. The number of halogens is 1. The molecule has 1 aliphatic heterocycles. The smallest absolute Gasteiger partial charge is 0.170 e. The molecule has 3 aromatic rings. The Kier molecular flexibility index (Phi) is 5.35. The zero-order chi connectivity index (χ0) is 19.7. The van der Waals surface area contributed by atoms with E-state index in [0.717, 1.165) is 27.7 Å². The summed E-state index contributed by atoms with van der Waals surface area (Å²) < 4.78 is 2.14. The van der Waals surface area contributed by atoms with Crippen LogP contribution in [-0.2, 0) is 0 Å². The van der Waals surface area contributed by atoms with Gasteiger partial charge < -0.3 is 19.9 Å². The monoisotopic (exact) mass is 412 g/mol. The Morgan fingerprint density at radius 3 is 2.79 bits per heavy atom. The van der Waals surface area contributed by atoms with Gasteiger partial charge in [-0.2, -0.15) is 0 Å². The second-order valence-corrected chi connectivity index (χ2v) is 7.57. The topological polar surface area (TPSA) is 53.3 Å². The molecule has 0 saturated carbocycles. The molecule has 2 N–H and O–H groups in total. The van der Waals surface area contributed by atoms with E-state index in [2.05, 4.69) is 27.0 Å². The summed E-state index contributed by atoms with van der Waals surface area (Å²) in [5, 5.41) is 14.4. The normalized spacial score (nSPS) is 19.1. The van der Waals surface area contributed by atoms with Gasteiger partial charge in [0.15, 0.2) is 5.11 Å². The number of hydrogen-bond donors (Lipinski definition) is 2. The number of hydrogen-bond acceptors (Lipinski definition) is 3. The van der Waals surface area contributed by atoms with Crippen LogP contribution in [0.3, 0.4) is 0 Å². The average molecular weight is 413 g/mol. The molecule has 1 aliphatic rings. The molecule has 0 unspecified atom stereocenters. The number of rotatable bonds is 5. The molecular weight excluding hydrogens is 392 g/mol. The summed E-state index contributed by atoms with van der Waals surface area (Å²) in [7, 11) is 0. The molecule has 5 nitrogen and oxygen atoms in total. The molecule has 4 rings (SSSR count). The second kappa shape index (κ2) is 7.91. The molecule has 7 heteroatoms.